The molecule has 0 unspecified atom stereocenters. The van der Waals surface area contributed by atoms with Gasteiger partial charge >= 0.3 is 5.97 Å². The van der Waals surface area contributed by atoms with Gasteiger partial charge in [0.1, 0.15) is 0 Å². The number of thioether (sulfide) groups is 1. The van der Waals surface area contributed by atoms with E-state index in [1.54, 1.807) is 23.9 Å². The van der Waals surface area contributed by atoms with Gasteiger partial charge in [0.15, 0.2) is 0 Å². The third-order valence-corrected chi connectivity index (χ3v) is 3.73. The van der Waals surface area contributed by atoms with Crippen LogP contribution < -0.4 is 5.32 Å². The van der Waals surface area contributed by atoms with Crippen LogP contribution >= 0.6 is 11.8 Å². The van der Waals surface area contributed by atoms with E-state index >= 15 is 0 Å². The van der Waals surface area contributed by atoms with Crippen LogP contribution in [0.15, 0.2) is 24.3 Å². The molecule has 0 radical (unpaired) electrons. The zero-order chi connectivity index (χ0) is 14.8. The number of ether oxygens (including phenoxy) is 1. The number of nitrogens with one attached hydrogen (secondary N) is 1. The summed E-state index contributed by atoms with van der Waals surface area (Å²) in [7, 11) is 1.36. The SMILES string of the molecule is CCCCNC(=O)CSCc1ccc(C(=O)OC)cc1. The molecule has 1 aromatic carbocycles. The molecule has 0 heterocycles. The quantitative estimate of drug-likeness (QED) is 0.591. The van der Waals surface area contributed by atoms with Gasteiger partial charge in [-0.3, -0.25) is 4.79 Å². The zero-order valence-corrected chi connectivity index (χ0v) is 12.8. The molecule has 5 heteroatoms. The van der Waals surface area contributed by atoms with E-state index in [4.69, 9.17) is 0 Å². The standard InChI is InChI=1S/C15H21NO3S/c1-3-4-9-16-14(17)11-20-10-12-5-7-13(8-6-12)15(18)19-2/h5-8H,3-4,9-11H2,1-2H3,(H,16,17). The van der Waals surface area contributed by atoms with Gasteiger partial charge in [0.2, 0.25) is 5.91 Å². The monoisotopic (exact) mass is 295 g/mol. The molecule has 0 spiro atoms. The fourth-order valence-corrected chi connectivity index (χ4v) is 2.39. The Morgan fingerprint density at radius 1 is 1.25 bits per heavy atom. The third kappa shape index (κ3) is 6.10. The van der Waals surface area contributed by atoms with E-state index < -0.39 is 0 Å². The van der Waals surface area contributed by atoms with Gasteiger partial charge < -0.3 is 10.1 Å². The van der Waals surface area contributed by atoms with Crippen LogP contribution in [0.25, 0.3) is 0 Å². The molecule has 0 saturated heterocycles. The Morgan fingerprint density at radius 3 is 2.55 bits per heavy atom. The summed E-state index contributed by atoms with van der Waals surface area (Å²) in [6.07, 6.45) is 2.10. The van der Waals surface area contributed by atoms with Gasteiger partial charge in [-0.2, -0.15) is 0 Å². The lowest BCUT2D eigenvalue weighted by atomic mass is 10.1. The van der Waals surface area contributed by atoms with Crippen molar-refractivity contribution in [2.75, 3.05) is 19.4 Å². The number of benzene rings is 1. The lowest BCUT2D eigenvalue weighted by molar-refractivity contribution is -0.118. The van der Waals surface area contributed by atoms with Crippen LogP contribution in [0.2, 0.25) is 0 Å². The molecule has 0 fully saturated rings. The first kappa shape index (κ1) is 16.6. The second-order valence-electron chi connectivity index (χ2n) is 4.38. The van der Waals surface area contributed by atoms with Crippen molar-refractivity contribution in [3.63, 3.8) is 0 Å². The van der Waals surface area contributed by atoms with Gasteiger partial charge in [0.25, 0.3) is 0 Å². The normalized spacial score (nSPS) is 10.1. The molecule has 1 N–H and O–H groups in total. The Labute approximate surface area is 124 Å². The summed E-state index contributed by atoms with van der Waals surface area (Å²) in [6, 6.07) is 7.24. The molecule has 0 aromatic heterocycles. The summed E-state index contributed by atoms with van der Waals surface area (Å²) in [5, 5.41) is 2.88. The van der Waals surface area contributed by atoms with Crippen LogP contribution in [0.3, 0.4) is 0 Å². The second-order valence-corrected chi connectivity index (χ2v) is 5.37. The number of esters is 1. The molecule has 1 rings (SSSR count). The Kier molecular flexibility index (Phi) is 7.80. The van der Waals surface area contributed by atoms with E-state index in [-0.39, 0.29) is 11.9 Å². The van der Waals surface area contributed by atoms with Crippen molar-refractivity contribution in [2.45, 2.75) is 25.5 Å². The van der Waals surface area contributed by atoms with Gasteiger partial charge in [0, 0.05) is 12.3 Å². The number of hydrogen-bond acceptors (Lipinski definition) is 4. The molecule has 0 bridgehead atoms. The highest BCUT2D eigenvalue weighted by Crippen LogP contribution is 2.13. The van der Waals surface area contributed by atoms with Crippen molar-refractivity contribution in [1.29, 1.82) is 0 Å². The first-order chi connectivity index (χ1) is 9.67. The van der Waals surface area contributed by atoms with Gasteiger partial charge in [-0.05, 0) is 24.1 Å². The summed E-state index contributed by atoms with van der Waals surface area (Å²) in [5.41, 5.74) is 1.63. The Balaban J connectivity index is 2.28. The number of methoxy groups -OCH3 is 1. The maximum absolute atomic E-state index is 11.5. The molecule has 0 atom stereocenters. The highest BCUT2D eigenvalue weighted by molar-refractivity contribution is 7.99. The fourth-order valence-electron chi connectivity index (χ4n) is 1.57. The number of hydrogen-bond donors (Lipinski definition) is 1. The number of unbranched alkanes of at least 4 members (excludes halogenated alkanes) is 1. The second kappa shape index (κ2) is 9.42. The fraction of sp³-hybridized carbons (Fsp3) is 0.467. The van der Waals surface area contributed by atoms with Crippen LogP contribution in [0, 0.1) is 0 Å². The number of carbonyl (C=O) groups excluding carboxylic acids is 2. The molecule has 20 heavy (non-hydrogen) atoms. The lowest BCUT2D eigenvalue weighted by Gasteiger charge is -2.05. The van der Waals surface area contributed by atoms with E-state index in [2.05, 4.69) is 17.0 Å². The number of rotatable bonds is 8. The molecule has 1 aromatic rings. The highest BCUT2D eigenvalue weighted by atomic mass is 32.2. The van der Waals surface area contributed by atoms with E-state index in [1.165, 1.54) is 7.11 Å². The first-order valence-electron chi connectivity index (χ1n) is 6.69. The largest absolute Gasteiger partial charge is 0.465 e. The molecule has 0 saturated carbocycles. The predicted molar refractivity (Wildman–Crippen MR) is 81.9 cm³/mol. The van der Waals surface area contributed by atoms with Crippen molar-refractivity contribution in [3.8, 4) is 0 Å². The smallest absolute Gasteiger partial charge is 0.337 e. The average molecular weight is 295 g/mol. The molecule has 0 aliphatic rings. The minimum absolute atomic E-state index is 0.0784. The summed E-state index contributed by atoms with van der Waals surface area (Å²) in [6.45, 7) is 2.85. The van der Waals surface area contributed by atoms with Crippen LogP contribution in [-0.4, -0.2) is 31.3 Å². The predicted octanol–water partition coefficient (Wildman–Crippen LogP) is 2.62. The zero-order valence-electron chi connectivity index (χ0n) is 12.0. The van der Waals surface area contributed by atoms with Crippen LogP contribution in [0.4, 0.5) is 0 Å². The Hall–Kier alpha value is -1.49. The molecule has 1 amide bonds. The summed E-state index contributed by atoms with van der Waals surface area (Å²) in [4.78, 5) is 22.8. The molecule has 0 aliphatic carbocycles. The topological polar surface area (TPSA) is 55.4 Å². The van der Waals surface area contributed by atoms with Crippen LogP contribution in [0.5, 0.6) is 0 Å². The summed E-state index contributed by atoms with van der Waals surface area (Å²) >= 11 is 1.56. The van der Waals surface area contributed by atoms with Gasteiger partial charge in [-0.1, -0.05) is 25.5 Å². The van der Waals surface area contributed by atoms with Gasteiger partial charge in [0.05, 0.1) is 18.4 Å². The van der Waals surface area contributed by atoms with Crippen molar-refractivity contribution < 1.29 is 14.3 Å². The molecular formula is C15H21NO3S. The molecule has 110 valence electrons. The third-order valence-electron chi connectivity index (χ3n) is 2.73. The van der Waals surface area contributed by atoms with Crippen LogP contribution in [0.1, 0.15) is 35.7 Å². The summed E-state index contributed by atoms with van der Waals surface area (Å²) < 4.78 is 4.64. The average Bonchev–Trinajstić information content (AvgIpc) is 2.47. The maximum atomic E-state index is 11.5. The number of amides is 1. The lowest BCUT2D eigenvalue weighted by Crippen LogP contribution is -2.26. The van der Waals surface area contributed by atoms with Crippen LogP contribution in [-0.2, 0) is 15.3 Å². The van der Waals surface area contributed by atoms with E-state index in [1.807, 2.05) is 12.1 Å². The van der Waals surface area contributed by atoms with Crippen molar-refractivity contribution in [3.05, 3.63) is 35.4 Å². The first-order valence-corrected chi connectivity index (χ1v) is 7.84. The van der Waals surface area contributed by atoms with Gasteiger partial charge in [-0.15, -0.1) is 11.8 Å². The van der Waals surface area contributed by atoms with Crippen molar-refractivity contribution in [1.82, 2.24) is 5.32 Å². The van der Waals surface area contributed by atoms with E-state index in [0.717, 1.165) is 30.7 Å². The van der Waals surface area contributed by atoms with E-state index in [0.29, 0.717) is 11.3 Å². The molecule has 0 aliphatic heterocycles. The van der Waals surface area contributed by atoms with Gasteiger partial charge in [-0.25, -0.2) is 4.79 Å². The maximum Gasteiger partial charge on any atom is 0.337 e. The van der Waals surface area contributed by atoms with Crippen molar-refractivity contribution in [2.24, 2.45) is 0 Å². The van der Waals surface area contributed by atoms with Crippen molar-refractivity contribution >= 4 is 23.6 Å². The van der Waals surface area contributed by atoms with E-state index in [9.17, 15) is 9.59 Å². The molecule has 4 nitrogen and oxygen atoms in total. The number of carbonyl (C=O) groups is 2. The minimum Gasteiger partial charge on any atom is -0.465 e. The minimum atomic E-state index is -0.334. The summed E-state index contributed by atoms with van der Waals surface area (Å²) in [5.74, 6) is 0.958. The Bertz CT molecular complexity index is 431. The highest BCUT2D eigenvalue weighted by Gasteiger charge is 2.05. The Morgan fingerprint density at radius 2 is 1.95 bits per heavy atom. The molecular weight excluding hydrogens is 274 g/mol.